The third kappa shape index (κ3) is 2.87. The largest absolute Gasteiger partial charge is 0.495 e. The molecular weight excluding hydrogens is 228 g/mol. The van der Waals surface area contributed by atoms with Crippen LogP contribution in [0.25, 0.3) is 0 Å². The summed E-state index contributed by atoms with van der Waals surface area (Å²) in [5.41, 5.74) is 6.90. The highest BCUT2D eigenvalue weighted by atomic mass is 35.5. The molecule has 1 aromatic carbocycles. The number of halogens is 1. The van der Waals surface area contributed by atoms with Crippen LogP contribution in [0.1, 0.15) is 12.5 Å². The maximum Gasteiger partial charge on any atom is 0.241 e. The molecule has 0 aliphatic heterocycles. The topological polar surface area (TPSA) is 64.3 Å². The van der Waals surface area contributed by atoms with E-state index in [9.17, 15) is 4.79 Å². The highest BCUT2D eigenvalue weighted by molar-refractivity contribution is 6.31. The molecule has 1 aromatic rings. The molecule has 0 radical (unpaired) electrons. The van der Waals surface area contributed by atoms with Gasteiger partial charge in [0.25, 0.3) is 0 Å². The summed E-state index contributed by atoms with van der Waals surface area (Å²) < 4.78 is 5.12. The fraction of sp³-hybridized carbons (Fsp3) is 0.364. The summed E-state index contributed by atoms with van der Waals surface area (Å²) in [6, 6.07) is 2.84. The van der Waals surface area contributed by atoms with Crippen LogP contribution in [0.5, 0.6) is 5.75 Å². The van der Waals surface area contributed by atoms with Gasteiger partial charge in [0.05, 0.1) is 18.8 Å². The van der Waals surface area contributed by atoms with Gasteiger partial charge < -0.3 is 15.8 Å². The van der Waals surface area contributed by atoms with Crippen molar-refractivity contribution in [3.8, 4) is 5.75 Å². The van der Waals surface area contributed by atoms with Gasteiger partial charge in [0.15, 0.2) is 0 Å². The van der Waals surface area contributed by atoms with Crippen molar-refractivity contribution in [2.75, 3.05) is 12.4 Å². The molecule has 5 heteroatoms. The van der Waals surface area contributed by atoms with Gasteiger partial charge in [-0.25, -0.2) is 0 Å². The summed E-state index contributed by atoms with van der Waals surface area (Å²) in [4.78, 5) is 11.5. The summed E-state index contributed by atoms with van der Waals surface area (Å²) in [6.45, 7) is 3.47. The lowest BCUT2D eigenvalue weighted by atomic mass is 10.2. The molecule has 0 aliphatic carbocycles. The van der Waals surface area contributed by atoms with Gasteiger partial charge in [-0.3, -0.25) is 4.79 Å². The molecular formula is C11H15ClN2O2. The first-order valence-corrected chi connectivity index (χ1v) is 5.24. The molecule has 1 rings (SSSR count). The van der Waals surface area contributed by atoms with Gasteiger partial charge in [-0.15, -0.1) is 0 Å². The number of amides is 1. The third-order valence-corrected chi connectivity index (χ3v) is 2.56. The maximum absolute atomic E-state index is 11.5. The summed E-state index contributed by atoms with van der Waals surface area (Å²) in [5, 5.41) is 3.27. The second-order valence-corrected chi connectivity index (χ2v) is 3.99. The number of hydrogen-bond donors (Lipinski definition) is 2. The van der Waals surface area contributed by atoms with E-state index in [0.29, 0.717) is 16.5 Å². The molecule has 0 saturated carbocycles. The Morgan fingerprint density at radius 2 is 2.19 bits per heavy atom. The number of ether oxygens (including phenoxy) is 1. The standard InChI is InChI=1S/C11H15ClN2O2/c1-6-4-9(14-11(15)7(2)13)10(16-3)5-8(6)12/h4-5,7H,13H2,1-3H3,(H,14,15)/t7-/m0/s1. The van der Waals surface area contributed by atoms with Crippen LogP contribution < -0.4 is 15.8 Å². The van der Waals surface area contributed by atoms with Gasteiger partial charge in [-0.2, -0.15) is 0 Å². The van der Waals surface area contributed by atoms with Crippen molar-refractivity contribution in [3.63, 3.8) is 0 Å². The molecule has 4 nitrogen and oxygen atoms in total. The Bertz CT molecular complexity index is 405. The molecule has 3 N–H and O–H groups in total. The second kappa shape index (κ2) is 5.18. The number of nitrogens with one attached hydrogen (secondary N) is 1. The van der Waals surface area contributed by atoms with E-state index in [4.69, 9.17) is 22.1 Å². The number of benzene rings is 1. The number of hydrogen-bond acceptors (Lipinski definition) is 3. The molecule has 0 fully saturated rings. The van der Waals surface area contributed by atoms with Crippen LogP contribution in [0.2, 0.25) is 5.02 Å². The number of aryl methyl sites for hydroxylation is 1. The van der Waals surface area contributed by atoms with E-state index in [1.54, 1.807) is 19.1 Å². The smallest absolute Gasteiger partial charge is 0.241 e. The number of nitrogens with two attached hydrogens (primary N) is 1. The summed E-state index contributed by atoms with van der Waals surface area (Å²) in [5.74, 6) is 0.254. The van der Waals surface area contributed by atoms with Crippen LogP contribution in [0.15, 0.2) is 12.1 Å². The number of anilines is 1. The zero-order valence-electron chi connectivity index (χ0n) is 9.50. The van der Waals surface area contributed by atoms with Gasteiger partial charge in [0.1, 0.15) is 5.75 Å². The Morgan fingerprint density at radius 1 is 1.56 bits per heavy atom. The van der Waals surface area contributed by atoms with Crippen molar-refractivity contribution in [2.24, 2.45) is 5.73 Å². The molecule has 0 unspecified atom stereocenters. The van der Waals surface area contributed by atoms with Crippen molar-refractivity contribution >= 4 is 23.2 Å². The zero-order valence-corrected chi connectivity index (χ0v) is 10.3. The van der Waals surface area contributed by atoms with E-state index in [-0.39, 0.29) is 5.91 Å². The van der Waals surface area contributed by atoms with Crippen molar-refractivity contribution in [2.45, 2.75) is 19.9 Å². The SMILES string of the molecule is COc1cc(Cl)c(C)cc1NC(=O)[C@H](C)N. The number of rotatable bonds is 3. The molecule has 0 spiro atoms. The fourth-order valence-electron chi connectivity index (χ4n) is 1.18. The van der Waals surface area contributed by atoms with Crippen molar-refractivity contribution < 1.29 is 9.53 Å². The minimum absolute atomic E-state index is 0.264. The van der Waals surface area contributed by atoms with E-state index < -0.39 is 6.04 Å². The maximum atomic E-state index is 11.5. The Hall–Kier alpha value is -1.26. The van der Waals surface area contributed by atoms with Crippen LogP contribution >= 0.6 is 11.6 Å². The quantitative estimate of drug-likeness (QED) is 0.852. The van der Waals surface area contributed by atoms with Gasteiger partial charge >= 0.3 is 0 Å². The third-order valence-electron chi connectivity index (χ3n) is 2.15. The Labute approximate surface area is 99.7 Å². The molecule has 0 saturated heterocycles. The predicted octanol–water partition coefficient (Wildman–Crippen LogP) is 1.94. The highest BCUT2D eigenvalue weighted by Crippen LogP contribution is 2.30. The van der Waals surface area contributed by atoms with E-state index in [2.05, 4.69) is 5.32 Å². The van der Waals surface area contributed by atoms with Crippen molar-refractivity contribution in [3.05, 3.63) is 22.7 Å². The minimum Gasteiger partial charge on any atom is -0.495 e. The number of methoxy groups -OCH3 is 1. The Morgan fingerprint density at radius 3 is 2.69 bits per heavy atom. The monoisotopic (exact) mass is 242 g/mol. The molecule has 0 heterocycles. The van der Waals surface area contributed by atoms with E-state index in [1.165, 1.54) is 7.11 Å². The summed E-state index contributed by atoms with van der Waals surface area (Å²) in [7, 11) is 1.52. The summed E-state index contributed by atoms with van der Waals surface area (Å²) >= 11 is 5.95. The van der Waals surface area contributed by atoms with Crippen LogP contribution in [0.4, 0.5) is 5.69 Å². The van der Waals surface area contributed by atoms with Crippen LogP contribution in [0.3, 0.4) is 0 Å². The highest BCUT2D eigenvalue weighted by Gasteiger charge is 2.12. The van der Waals surface area contributed by atoms with Crippen molar-refractivity contribution in [1.29, 1.82) is 0 Å². The Kier molecular flexibility index (Phi) is 4.15. The van der Waals surface area contributed by atoms with Gasteiger partial charge in [0, 0.05) is 11.1 Å². The van der Waals surface area contributed by atoms with Gasteiger partial charge in [-0.05, 0) is 25.5 Å². The summed E-state index contributed by atoms with van der Waals surface area (Å²) in [6.07, 6.45) is 0. The molecule has 1 atom stereocenters. The minimum atomic E-state index is -0.569. The Balaban J connectivity index is 3.03. The van der Waals surface area contributed by atoms with E-state index >= 15 is 0 Å². The average molecular weight is 243 g/mol. The normalized spacial score (nSPS) is 12.1. The van der Waals surface area contributed by atoms with Gasteiger partial charge in [0.2, 0.25) is 5.91 Å². The van der Waals surface area contributed by atoms with Crippen molar-refractivity contribution in [1.82, 2.24) is 0 Å². The predicted molar refractivity (Wildman–Crippen MR) is 65.0 cm³/mol. The lowest BCUT2D eigenvalue weighted by molar-refractivity contribution is -0.117. The van der Waals surface area contributed by atoms with Crippen LogP contribution in [-0.4, -0.2) is 19.1 Å². The molecule has 1 amide bonds. The number of carbonyl (C=O) groups excluding carboxylic acids is 1. The lowest BCUT2D eigenvalue weighted by Gasteiger charge is -2.13. The lowest BCUT2D eigenvalue weighted by Crippen LogP contribution is -2.32. The first-order chi connectivity index (χ1) is 7.45. The second-order valence-electron chi connectivity index (χ2n) is 3.58. The molecule has 0 bridgehead atoms. The number of carbonyl (C=O) groups is 1. The van der Waals surface area contributed by atoms with Crippen LogP contribution in [0, 0.1) is 6.92 Å². The average Bonchev–Trinajstić information content (AvgIpc) is 2.22. The molecule has 0 aliphatic rings. The van der Waals surface area contributed by atoms with E-state index in [0.717, 1.165) is 5.56 Å². The zero-order chi connectivity index (χ0) is 12.3. The van der Waals surface area contributed by atoms with E-state index in [1.807, 2.05) is 6.92 Å². The first kappa shape index (κ1) is 12.8. The van der Waals surface area contributed by atoms with Gasteiger partial charge in [-0.1, -0.05) is 11.6 Å². The fourth-order valence-corrected chi connectivity index (χ4v) is 1.33. The van der Waals surface area contributed by atoms with Crippen LogP contribution in [-0.2, 0) is 4.79 Å². The molecule has 88 valence electrons. The molecule has 16 heavy (non-hydrogen) atoms. The molecule has 0 aromatic heterocycles. The first-order valence-electron chi connectivity index (χ1n) is 4.86.